The van der Waals surface area contributed by atoms with Crippen LogP contribution in [0, 0.1) is 0 Å². The fraction of sp³-hybridized carbons (Fsp3) is 0.600. The summed E-state index contributed by atoms with van der Waals surface area (Å²) in [7, 11) is 0. The molecule has 0 heterocycles. The van der Waals surface area contributed by atoms with E-state index in [4.69, 9.17) is 5.11 Å². The van der Waals surface area contributed by atoms with Crippen molar-refractivity contribution in [3.63, 3.8) is 0 Å². The Hall–Kier alpha value is 0.180. The number of halogens is 1. The summed E-state index contributed by atoms with van der Waals surface area (Å²) in [6.07, 6.45) is 2.38. The third kappa shape index (κ3) is 6.18. The van der Waals surface area contributed by atoms with E-state index in [1.807, 2.05) is 6.08 Å². The van der Waals surface area contributed by atoms with Gasteiger partial charge in [-0.25, -0.2) is 0 Å². The SMILES string of the molecule is CC(O)C/C=C/Br. The topological polar surface area (TPSA) is 20.2 Å². The molecule has 0 amide bonds. The minimum atomic E-state index is -0.214. The lowest BCUT2D eigenvalue weighted by atomic mass is 10.3. The van der Waals surface area contributed by atoms with E-state index in [1.165, 1.54) is 0 Å². The maximum Gasteiger partial charge on any atom is 0.0546 e. The lowest BCUT2D eigenvalue weighted by Crippen LogP contribution is -1.94. The van der Waals surface area contributed by atoms with Gasteiger partial charge >= 0.3 is 0 Å². The van der Waals surface area contributed by atoms with Crippen LogP contribution in [0.4, 0.5) is 0 Å². The zero-order chi connectivity index (χ0) is 5.70. The van der Waals surface area contributed by atoms with E-state index in [1.54, 1.807) is 11.9 Å². The van der Waals surface area contributed by atoms with Crippen LogP contribution < -0.4 is 0 Å². The van der Waals surface area contributed by atoms with Gasteiger partial charge in [-0.2, -0.15) is 0 Å². The minimum Gasteiger partial charge on any atom is -0.393 e. The second-order valence-electron chi connectivity index (χ2n) is 1.45. The number of hydrogen-bond donors (Lipinski definition) is 1. The van der Waals surface area contributed by atoms with E-state index >= 15 is 0 Å². The summed E-state index contributed by atoms with van der Waals surface area (Å²) in [5.41, 5.74) is 0. The summed E-state index contributed by atoms with van der Waals surface area (Å²) in [6, 6.07) is 0. The van der Waals surface area contributed by atoms with Crippen molar-refractivity contribution in [2.45, 2.75) is 19.4 Å². The molecule has 42 valence electrons. The normalized spacial score (nSPS) is 15.3. The van der Waals surface area contributed by atoms with E-state index in [9.17, 15) is 0 Å². The molecule has 0 bridgehead atoms. The molecule has 0 spiro atoms. The van der Waals surface area contributed by atoms with Crippen LogP contribution in [0.1, 0.15) is 13.3 Å². The smallest absolute Gasteiger partial charge is 0.0546 e. The van der Waals surface area contributed by atoms with Crippen molar-refractivity contribution < 1.29 is 5.11 Å². The van der Waals surface area contributed by atoms with Crippen LogP contribution in [0.5, 0.6) is 0 Å². The van der Waals surface area contributed by atoms with Crippen molar-refractivity contribution in [2.24, 2.45) is 0 Å². The molecule has 0 saturated carbocycles. The Bertz CT molecular complexity index is 59.1. The van der Waals surface area contributed by atoms with Gasteiger partial charge in [-0.05, 0) is 18.3 Å². The molecule has 0 aliphatic carbocycles. The summed E-state index contributed by atoms with van der Waals surface area (Å²) < 4.78 is 0. The zero-order valence-corrected chi connectivity index (χ0v) is 5.85. The lowest BCUT2D eigenvalue weighted by molar-refractivity contribution is 0.198. The molecule has 0 radical (unpaired) electrons. The molecule has 0 aliphatic heterocycles. The highest BCUT2D eigenvalue weighted by molar-refractivity contribution is 9.11. The van der Waals surface area contributed by atoms with Crippen molar-refractivity contribution in [3.05, 3.63) is 11.1 Å². The molecule has 1 nitrogen and oxygen atoms in total. The Balaban J connectivity index is 2.97. The minimum absolute atomic E-state index is 0.214. The van der Waals surface area contributed by atoms with Gasteiger partial charge in [0.15, 0.2) is 0 Å². The second kappa shape index (κ2) is 4.34. The first kappa shape index (κ1) is 7.18. The molecular formula is C5H9BrO. The van der Waals surface area contributed by atoms with Crippen LogP contribution in [-0.2, 0) is 0 Å². The number of rotatable bonds is 2. The number of aliphatic hydroxyl groups excluding tert-OH is 1. The average Bonchev–Trinajstić information content (AvgIpc) is 1.61. The Kier molecular flexibility index (Phi) is 4.45. The van der Waals surface area contributed by atoms with Crippen LogP contribution in [0.15, 0.2) is 11.1 Å². The maximum atomic E-state index is 8.61. The summed E-state index contributed by atoms with van der Waals surface area (Å²) in [6.45, 7) is 1.76. The van der Waals surface area contributed by atoms with Crippen molar-refractivity contribution in [2.75, 3.05) is 0 Å². The van der Waals surface area contributed by atoms with Crippen molar-refractivity contribution in [1.29, 1.82) is 0 Å². The predicted octanol–water partition coefficient (Wildman–Crippen LogP) is 1.67. The standard InChI is InChI=1S/C5H9BrO/c1-5(7)3-2-4-6/h2,4-5,7H,3H2,1H3/b4-2+. The van der Waals surface area contributed by atoms with Gasteiger partial charge in [0, 0.05) is 0 Å². The second-order valence-corrected chi connectivity index (χ2v) is 1.98. The van der Waals surface area contributed by atoms with Gasteiger partial charge in [0.05, 0.1) is 6.10 Å². The van der Waals surface area contributed by atoms with E-state index in [2.05, 4.69) is 15.9 Å². The summed E-state index contributed by atoms with van der Waals surface area (Å²) in [5, 5.41) is 8.61. The Morgan fingerprint density at radius 1 is 1.86 bits per heavy atom. The number of hydrogen-bond acceptors (Lipinski definition) is 1. The first-order valence-corrected chi connectivity index (χ1v) is 3.12. The fourth-order valence-corrected chi connectivity index (χ4v) is 0.464. The van der Waals surface area contributed by atoms with Gasteiger partial charge in [0.1, 0.15) is 0 Å². The van der Waals surface area contributed by atoms with Crippen LogP contribution in [0.3, 0.4) is 0 Å². The Morgan fingerprint density at radius 2 is 2.43 bits per heavy atom. The highest BCUT2D eigenvalue weighted by Gasteiger charge is 1.85. The molecule has 0 aliphatic rings. The first-order chi connectivity index (χ1) is 3.27. The van der Waals surface area contributed by atoms with Crippen LogP contribution in [0.25, 0.3) is 0 Å². The summed E-state index contributed by atoms with van der Waals surface area (Å²) >= 11 is 3.09. The van der Waals surface area contributed by atoms with E-state index in [0.29, 0.717) is 0 Å². The van der Waals surface area contributed by atoms with E-state index in [0.717, 1.165) is 6.42 Å². The van der Waals surface area contributed by atoms with Gasteiger partial charge in [-0.15, -0.1) is 0 Å². The highest BCUT2D eigenvalue weighted by Crippen LogP contribution is 1.92. The van der Waals surface area contributed by atoms with Crippen molar-refractivity contribution in [3.8, 4) is 0 Å². The van der Waals surface area contributed by atoms with Crippen molar-refractivity contribution >= 4 is 15.9 Å². The summed E-state index contributed by atoms with van der Waals surface area (Å²) in [5.74, 6) is 0. The number of aliphatic hydroxyl groups is 1. The first-order valence-electron chi connectivity index (χ1n) is 2.20. The van der Waals surface area contributed by atoms with Gasteiger partial charge in [-0.1, -0.05) is 22.0 Å². The van der Waals surface area contributed by atoms with Crippen LogP contribution in [0.2, 0.25) is 0 Å². The molecule has 2 heteroatoms. The van der Waals surface area contributed by atoms with E-state index in [-0.39, 0.29) is 6.10 Å². The highest BCUT2D eigenvalue weighted by atomic mass is 79.9. The van der Waals surface area contributed by atoms with Gasteiger partial charge in [0.25, 0.3) is 0 Å². The quantitative estimate of drug-likeness (QED) is 0.659. The molecular weight excluding hydrogens is 156 g/mol. The molecule has 7 heavy (non-hydrogen) atoms. The third-order valence-corrected chi connectivity index (χ3v) is 0.940. The van der Waals surface area contributed by atoms with Gasteiger partial charge in [0.2, 0.25) is 0 Å². The van der Waals surface area contributed by atoms with Crippen molar-refractivity contribution in [1.82, 2.24) is 0 Å². The monoisotopic (exact) mass is 164 g/mol. The predicted molar refractivity (Wildman–Crippen MR) is 34.4 cm³/mol. The molecule has 1 unspecified atom stereocenters. The molecule has 0 fully saturated rings. The zero-order valence-electron chi connectivity index (χ0n) is 4.26. The lowest BCUT2D eigenvalue weighted by Gasteiger charge is -1.93. The van der Waals surface area contributed by atoms with Gasteiger partial charge < -0.3 is 5.11 Å². The third-order valence-electron chi connectivity index (χ3n) is 0.566. The van der Waals surface area contributed by atoms with Crippen LogP contribution >= 0.6 is 15.9 Å². The molecule has 1 atom stereocenters. The Morgan fingerprint density at radius 3 is 2.57 bits per heavy atom. The van der Waals surface area contributed by atoms with E-state index < -0.39 is 0 Å². The largest absolute Gasteiger partial charge is 0.393 e. The molecule has 0 saturated heterocycles. The van der Waals surface area contributed by atoms with Crippen LogP contribution in [-0.4, -0.2) is 11.2 Å². The molecule has 0 aromatic rings. The van der Waals surface area contributed by atoms with Gasteiger partial charge in [-0.3, -0.25) is 0 Å². The molecule has 1 N–H and O–H groups in total. The Labute approximate surface area is 52.2 Å². The summed E-state index contributed by atoms with van der Waals surface area (Å²) in [4.78, 5) is 1.75. The molecule has 0 aromatic carbocycles. The molecule has 0 rings (SSSR count). The molecule has 0 aromatic heterocycles. The fourth-order valence-electron chi connectivity index (χ4n) is 0.248. The maximum absolute atomic E-state index is 8.61. The average molecular weight is 165 g/mol.